The van der Waals surface area contributed by atoms with E-state index in [2.05, 4.69) is 6.92 Å². The first-order chi connectivity index (χ1) is 25.3. The minimum Gasteiger partial charge on any atom is -0.457 e. The van der Waals surface area contributed by atoms with Gasteiger partial charge in [0.25, 0.3) is 5.78 Å². The van der Waals surface area contributed by atoms with Gasteiger partial charge in [-0.3, -0.25) is 4.79 Å². The summed E-state index contributed by atoms with van der Waals surface area (Å²) in [6.07, 6.45) is 10.5. The van der Waals surface area contributed by atoms with Crippen molar-refractivity contribution in [3.05, 3.63) is 35.9 Å². The summed E-state index contributed by atoms with van der Waals surface area (Å²) in [5, 5.41) is 0. The zero-order valence-electron chi connectivity index (χ0n) is 31.2. The lowest BCUT2D eigenvalue weighted by molar-refractivity contribution is -0.139. The Balaban J connectivity index is 1.64. The standard InChI is InChI=1S/C38H66O13/c1-2-3-4-5-6-7-8-12-15-41-16-17-42-18-19-43-20-21-44-22-23-45-24-25-46-26-27-47-28-29-48-30-31-49-32-33-50-34-35-51-38(40)37(39)36-13-10-9-11-14-36/h9-11,13-14H,2-8,12,15-35H2,1H3. The van der Waals surface area contributed by atoms with Crippen molar-refractivity contribution in [2.24, 2.45) is 0 Å². The van der Waals surface area contributed by atoms with Crippen LogP contribution in [0.15, 0.2) is 30.3 Å². The molecule has 0 heterocycles. The van der Waals surface area contributed by atoms with E-state index in [1.54, 1.807) is 30.3 Å². The van der Waals surface area contributed by atoms with Crippen molar-refractivity contribution in [3.8, 4) is 0 Å². The van der Waals surface area contributed by atoms with Crippen molar-refractivity contribution < 1.29 is 61.7 Å². The molecule has 0 aliphatic rings. The molecule has 13 nitrogen and oxygen atoms in total. The Morgan fingerprint density at radius 3 is 1.02 bits per heavy atom. The molecule has 0 saturated heterocycles. The van der Waals surface area contributed by atoms with Gasteiger partial charge in [0.2, 0.25) is 0 Å². The number of carbonyl (C=O) groups excluding carboxylic acids is 2. The van der Waals surface area contributed by atoms with E-state index < -0.39 is 11.8 Å². The SMILES string of the molecule is CCCCCCCCCCOCCOCCOCCOCCOCCOCCOCCOCCOCCOCCOC(=O)C(=O)c1ccccc1. The number of carbonyl (C=O) groups is 2. The van der Waals surface area contributed by atoms with E-state index in [4.69, 9.17) is 52.1 Å². The van der Waals surface area contributed by atoms with Crippen molar-refractivity contribution in [1.82, 2.24) is 0 Å². The highest BCUT2D eigenvalue weighted by Crippen LogP contribution is 2.08. The Bertz CT molecular complexity index is 875. The smallest absolute Gasteiger partial charge is 0.379 e. The van der Waals surface area contributed by atoms with E-state index in [0.717, 1.165) is 13.0 Å². The fourth-order valence-electron chi connectivity index (χ4n) is 4.39. The molecule has 0 saturated carbocycles. The molecule has 0 aliphatic carbocycles. The van der Waals surface area contributed by atoms with Crippen LogP contribution in [0.25, 0.3) is 0 Å². The number of ether oxygens (including phenoxy) is 11. The first-order valence-corrected chi connectivity index (χ1v) is 18.8. The van der Waals surface area contributed by atoms with Gasteiger partial charge in [0, 0.05) is 12.2 Å². The first kappa shape index (κ1) is 47.0. The summed E-state index contributed by atoms with van der Waals surface area (Å²) in [6, 6.07) is 8.27. The second-order valence-corrected chi connectivity index (χ2v) is 11.4. The molecule has 0 amide bonds. The highest BCUT2D eigenvalue weighted by molar-refractivity contribution is 6.40. The van der Waals surface area contributed by atoms with Crippen molar-refractivity contribution in [1.29, 1.82) is 0 Å². The van der Waals surface area contributed by atoms with Crippen LogP contribution in [-0.4, -0.2) is 150 Å². The second-order valence-electron chi connectivity index (χ2n) is 11.4. The van der Waals surface area contributed by atoms with Crippen molar-refractivity contribution in [3.63, 3.8) is 0 Å². The highest BCUT2D eigenvalue weighted by Gasteiger charge is 2.17. The molecule has 0 N–H and O–H groups in total. The van der Waals surface area contributed by atoms with E-state index in [9.17, 15) is 9.59 Å². The normalized spacial score (nSPS) is 11.3. The van der Waals surface area contributed by atoms with Crippen LogP contribution in [-0.2, 0) is 56.9 Å². The highest BCUT2D eigenvalue weighted by atomic mass is 16.6. The number of unbranched alkanes of at least 4 members (excludes halogenated alkanes) is 7. The predicted molar refractivity (Wildman–Crippen MR) is 193 cm³/mol. The van der Waals surface area contributed by atoms with Gasteiger partial charge in [-0.15, -0.1) is 0 Å². The number of hydrogen-bond acceptors (Lipinski definition) is 13. The van der Waals surface area contributed by atoms with E-state index in [0.29, 0.717) is 124 Å². The molecule has 51 heavy (non-hydrogen) atoms. The molecule has 0 aliphatic heterocycles. The number of benzene rings is 1. The minimum atomic E-state index is -0.895. The molecule has 1 aromatic carbocycles. The van der Waals surface area contributed by atoms with Gasteiger partial charge in [0.05, 0.1) is 126 Å². The van der Waals surface area contributed by atoms with Gasteiger partial charge in [-0.05, 0) is 6.42 Å². The molecule has 0 bridgehead atoms. The van der Waals surface area contributed by atoms with E-state index in [1.807, 2.05) is 0 Å². The molecule has 0 atom stereocenters. The molecule has 13 heteroatoms. The summed E-state index contributed by atoms with van der Waals surface area (Å²) < 4.78 is 59.7. The molecule has 1 rings (SSSR count). The van der Waals surface area contributed by atoms with Crippen LogP contribution in [0.1, 0.15) is 68.6 Å². The molecule has 0 fully saturated rings. The number of Topliss-reactive ketones (excluding diaryl/α,β-unsaturated/α-hetero) is 1. The summed E-state index contributed by atoms with van der Waals surface area (Å²) in [5.41, 5.74) is 0.298. The lowest BCUT2D eigenvalue weighted by Crippen LogP contribution is -2.20. The maximum Gasteiger partial charge on any atom is 0.379 e. The van der Waals surface area contributed by atoms with Crippen LogP contribution in [0.3, 0.4) is 0 Å². The number of rotatable bonds is 41. The minimum absolute atomic E-state index is 0.0000556. The fourth-order valence-corrected chi connectivity index (χ4v) is 4.39. The molecule has 0 radical (unpaired) electrons. The maximum absolute atomic E-state index is 11.9. The number of esters is 1. The molecule has 0 spiro atoms. The van der Waals surface area contributed by atoms with Gasteiger partial charge in [-0.25, -0.2) is 4.79 Å². The zero-order valence-corrected chi connectivity index (χ0v) is 31.2. The largest absolute Gasteiger partial charge is 0.457 e. The summed E-state index contributed by atoms with van der Waals surface area (Å²) in [4.78, 5) is 23.6. The summed E-state index contributed by atoms with van der Waals surface area (Å²) in [6.45, 7) is 12.2. The van der Waals surface area contributed by atoms with Crippen LogP contribution in [0.5, 0.6) is 0 Å². The van der Waals surface area contributed by atoms with E-state index >= 15 is 0 Å². The Labute approximate surface area is 306 Å². The molecule has 296 valence electrons. The van der Waals surface area contributed by atoms with Gasteiger partial charge in [-0.2, -0.15) is 0 Å². The second kappa shape index (κ2) is 39.2. The third-order valence-electron chi connectivity index (χ3n) is 7.17. The van der Waals surface area contributed by atoms with Gasteiger partial charge in [-0.1, -0.05) is 82.2 Å². The molecule has 1 aromatic rings. The lowest BCUT2D eigenvalue weighted by Gasteiger charge is -2.09. The quantitative estimate of drug-likeness (QED) is 0.0398. The van der Waals surface area contributed by atoms with Crippen molar-refractivity contribution in [2.75, 3.05) is 139 Å². The van der Waals surface area contributed by atoms with E-state index in [-0.39, 0.29) is 13.2 Å². The predicted octanol–water partition coefficient (Wildman–Crippen LogP) is 4.72. The van der Waals surface area contributed by atoms with E-state index in [1.165, 1.54) is 44.9 Å². The topological polar surface area (TPSA) is 136 Å². The molecular formula is C38H66O13. The van der Waals surface area contributed by atoms with Crippen LogP contribution in [0.4, 0.5) is 0 Å². The van der Waals surface area contributed by atoms with Crippen molar-refractivity contribution >= 4 is 11.8 Å². The summed E-state index contributed by atoms with van der Waals surface area (Å²) in [7, 11) is 0. The number of hydrogen-bond donors (Lipinski definition) is 0. The average Bonchev–Trinajstić information content (AvgIpc) is 3.15. The molecular weight excluding hydrogens is 664 g/mol. The van der Waals surface area contributed by atoms with Crippen LogP contribution >= 0.6 is 0 Å². The monoisotopic (exact) mass is 730 g/mol. The first-order valence-electron chi connectivity index (χ1n) is 18.8. The maximum atomic E-state index is 11.9. The average molecular weight is 731 g/mol. The van der Waals surface area contributed by atoms with Crippen LogP contribution in [0, 0.1) is 0 Å². The number of ketones is 1. The Morgan fingerprint density at radius 2 is 0.667 bits per heavy atom. The summed E-state index contributed by atoms with van der Waals surface area (Å²) >= 11 is 0. The molecule has 0 unspecified atom stereocenters. The van der Waals surface area contributed by atoms with Crippen LogP contribution < -0.4 is 0 Å². The van der Waals surface area contributed by atoms with Crippen LogP contribution in [0.2, 0.25) is 0 Å². The molecule has 0 aromatic heterocycles. The van der Waals surface area contributed by atoms with Gasteiger partial charge in [0.15, 0.2) is 0 Å². The summed E-state index contributed by atoms with van der Waals surface area (Å²) in [5.74, 6) is -1.57. The van der Waals surface area contributed by atoms with Crippen molar-refractivity contribution in [2.45, 2.75) is 58.3 Å². The zero-order chi connectivity index (χ0) is 36.6. The van der Waals surface area contributed by atoms with Gasteiger partial charge >= 0.3 is 5.97 Å². The van der Waals surface area contributed by atoms with Gasteiger partial charge < -0.3 is 52.1 Å². The fraction of sp³-hybridized carbons (Fsp3) is 0.789. The Hall–Kier alpha value is -2.04. The Morgan fingerprint density at radius 1 is 0.373 bits per heavy atom. The lowest BCUT2D eigenvalue weighted by atomic mass is 10.1. The van der Waals surface area contributed by atoms with Gasteiger partial charge in [0.1, 0.15) is 6.61 Å². The third-order valence-corrected chi connectivity index (χ3v) is 7.17. The third kappa shape index (κ3) is 33.5. The Kier molecular flexibility index (Phi) is 36.1.